The van der Waals surface area contributed by atoms with Gasteiger partial charge in [-0.3, -0.25) is 4.55 Å². The van der Waals surface area contributed by atoms with Crippen LogP contribution >= 0.6 is 0 Å². The summed E-state index contributed by atoms with van der Waals surface area (Å²) in [7, 11) is -8.96. The Bertz CT molecular complexity index is 1680. The van der Waals surface area contributed by atoms with E-state index < -0.39 is 20.4 Å². The summed E-state index contributed by atoms with van der Waals surface area (Å²) in [5, 5.41) is 0. The fourth-order valence-corrected chi connectivity index (χ4v) is 8.13. The molecule has 0 saturated heterocycles. The molecular weight excluding hydrogens is 1580 g/mol. The summed E-state index contributed by atoms with van der Waals surface area (Å²) in [6.07, 6.45) is 91.1. The Balaban J connectivity index is -0.0000000264. The van der Waals surface area contributed by atoms with Crippen LogP contribution in [-0.2, 0) is 88.0 Å². The summed E-state index contributed by atoms with van der Waals surface area (Å²) >= 11 is 0. The van der Waals surface area contributed by atoms with Crippen molar-refractivity contribution in [3.05, 3.63) is 304 Å². The van der Waals surface area contributed by atoms with Crippen molar-refractivity contribution < 1.29 is 125 Å². The van der Waals surface area contributed by atoms with Gasteiger partial charge in [-0.05, 0) is 184 Å². The number of halogens is 1. The van der Waals surface area contributed by atoms with Crippen LogP contribution in [-0.4, -0.2) is 18.4 Å². The molecule has 0 aliphatic heterocycles. The molecule has 3 N–H and O–H groups in total. The zero-order valence-electron chi connectivity index (χ0n) is 57.9. The molecule has 0 atom stereocenters. The van der Waals surface area contributed by atoms with Gasteiger partial charge in [0.25, 0.3) is 10.1 Å². The number of fused-ring (bicyclic) bond motifs is 4. The predicted molar refractivity (Wildman–Crippen MR) is 418 cm³/mol. The van der Waals surface area contributed by atoms with Crippen LogP contribution in [0, 0.1) is 145 Å². The molecule has 8 nitrogen and oxygen atoms in total. The third-order valence-corrected chi connectivity index (χ3v) is 12.4. The van der Waals surface area contributed by atoms with Crippen LogP contribution in [0.25, 0.3) is 0 Å². The molecule has 10 rings (SSSR count). The van der Waals surface area contributed by atoms with Gasteiger partial charge in [-0.2, -0.15) is 8.42 Å². The van der Waals surface area contributed by atoms with Crippen molar-refractivity contribution in [2.24, 2.45) is 23.7 Å². The SMILES string of the molecule is C.C.C.C.C.C.C1=CC2C=CC1C2.C1=CC2C=CC1C2.C1=CCC/C=C\CC1.C1=CCC/C=C\CC1.C1=CCC/C=C\CC1.C1=CCC/C=C\CC1.C1=CCC/C=C\CC1.Cc1ccc(S(=O)(=O)O)cc1.O.[CH3-].[CH3-].[CH3-].[CH3-].[CH3-].[CH3-].[CH3-].[CH3-].[CH3-].[CH3-].[CH3-].[CH3-].[CH3-].[CH3-].[O-][Cl+3]([O-])([O-])[O-].[Rh+2].[Rh].[Rh].[Rh]. The van der Waals surface area contributed by atoms with Crippen LogP contribution < -0.4 is 18.6 Å². The first-order valence-electron chi connectivity index (χ1n) is 25.8. The quantitative estimate of drug-likeness (QED) is 0.126. The van der Waals surface area contributed by atoms with Crippen molar-refractivity contribution in [2.75, 3.05) is 0 Å². The standard InChI is InChI=1S/5C8H12.C7H8O3S.2C7H8.6CH4.14CH3.ClHO4.H2O.4Rh/c5*1-2-4-6-8-7-5-3-1;1-6-2-4-7(5-3-6)11(8,9)10;2*1-2-7-4-3-6(1)5-7;;;;;;;;;;;;;;;;;;;;;2-1(3,4)5;;;;;/h5*1-2,7-8H,3-6H2;2-5H,1H3,(H,8,9,10);2*1-4,6-7H,5H2;6*1H4;14*1H3;(H,2,3,4,5);1H2;;;;/q;;;;;;;;;;;;;;14*-1;;;;;;+2/p-1/b5*2-1-,8-7?;;;;;;;;;;;;;;;;;;;;;;;;;;;;;. The molecule has 0 saturated carbocycles. The number of aryl methyl sites for hydroxylation is 1. The molecular formula is C81H152ClO8Rh4S-13. The van der Waals surface area contributed by atoms with Crippen LogP contribution in [0.3, 0.4) is 0 Å². The van der Waals surface area contributed by atoms with Crippen molar-refractivity contribution in [1.82, 2.24) is 0 Å². The number of rotatable bonds is 1. The molecule has 0 aromatic heterocycles. The molecule has 1 aromatic carbocycles. The summed E-state index contributed by atoms with van der Waals surface area (Å²) < 4.78 is 63.5. The zero-order valence-corrected chi connectivity index (χ0v) is 66.0. The first-order valence-corrected chi connectivity index (χ1v) is 28.5. The van der Waals surface area contributed by atoms with E-state index in [0.717, 1.165) is 29.2 Å². The maximum absolute atomic E-state index is 10.5. The van der Waals surface area contributed by atoms with Gasteiger partial charge in [-0.1, -0.05) is 232 Å². The summed E-state index contributed by atoms with van der Waals surface area (Å²) in [6, 6.07) is 5.99. The van der Waals surface area contributed by atoms with Gasteiger partial charge in [0.1, 0.15) is 0 Å². The fourth-order valence-electron chi connectivity index (χ4n) is 7.65. The number of benzene rings is 1. The Hall–Kier alpha value is -1.93. The van der Waals surface area contributed by atoms with Gasteiger partial charge in [0.05, 0.1) is 4.90 Å². The molecule has 95 heavy (non-hydrogen) atoms. The molecule has 4 radical (unpaired) electrons. The minimum atomic E-state index is -4.94. The van der Waals surface area contributed by atoms with Crippen molar-refractivity contribution in [2.45, 2.75) is 198 Å². The molecule has 9 aliphatic carbocycles. The number of hydrogen-bond acceptors (Lipinski definition) is 6. The first kappa shape index (κ1) is 165. The van der Waals surface area contributed by atoms with E-state index in [4.69, 9.17) is 23.2 Å². The summed E-state index contributed by atoms with van der Waals surface area (Å²) in [5.41, 5.74) is 0.956. The number of hydrogen-bond donors (Lipinski definition) is 1. The molecule has 0 spiro atoms. The van der Waals surface area contributed by atoms with E-state index >= 15 is 0 Å². The van der Waals surface area contributed by atoms with Gasteiger partial charge >= 0.3 is 19.5 Å². The number of allylic oxidation sites excluding steroid dienone is 28. The largest absolute Gasteiger partial charge is 2.00 e. The van der Waals surface area contributed by atoms with Gasteiger partial charge in [0.15, 0.2) is 0 Å². The average Bonchev–Trinajstić information content (AvgIpc) is 4.10. The van der Waals surface area contributed by atoms with E-state index in [9.17, 15) is 8.42 Å². The summed E-state index contributed by atoms with van der Waals surface area (Å²) in [4.78, 5) is -0.0666. The van der Waals surface area contributed by atoms with Crippen LogP contribution in [0.5, 0.6) is 0 Å². The maximum atomic E-state index is 10.5. The Morgan fingerprint density at radius 2 is 0.411 bits per heavy atom. The van der Waals surface area contributed by atoms with Crippen LogP contribution in [0.1, 0.15) is 191 Å². The van der Waals surface area contributed by atoms with E-state index in [-0.39, 0.29) is 237 Å². The second-order valence-corrected chi connectivity index (χ2v) is 20.0. The normalized spacial score (nSPS) is 18.5. The second kappa shape index (κ2) is 113. The molecule has 586 valence electrons. The van der Waals surface area contributed by atoms with E-state index in [1.54, 1.807) is 12.1 Å². The predicted octanol–water partition coefficient (Wildman–Crippen LogP) is 22.6. The third-order valence-electron chi connectivity index (χ3n) is 11.5. The minimum absolute atomic E-state index is 0. The van der Waals surface area contributed by atoms with Crippen LogP contribution in [0.2, 0.25) is 0 Å². The first-order chi connectivity index (χ1) is 33.9. The van der Waals surface area contributed by atoms with Crippen molar-refractivity contribution in [3.8, 4) is 0 Å². The Morgan fingerprint density at radius 3 is 0.484 bits per heavy atom. The fraction of sp³-hybridized carbons (Fsp3) is 0.407. The van der Waals surface area contributed by atoms with Crippen molar-refractivity contribution in [1.29, 1.82) is 0 Å². The summed E-state index contributed by atoms with van der Waals surface area (Å²) in [6.45, 7) is 1.84. The maximum Gasteiger partial charge on any atom is 2.00 e. The Morgan fingerprint density at radius 1 is 0.305 bits per heavy atom. The van der Waals surface area contributed by atoms with Gasteiger partial charge in [-0.15, -0.1) is 10.2 Å². The molecule has 0 fully saturated rings. The van der Waals surface area contributed by atoms with E-state index in [1.165, 1.54) is 153 Å². The monoisotopic (exact) mass is 1730 g/mol. The minimum Gasteiger partial charge on any atom is -0.412 e. The molecule has 1 aromatic rings. The van der Waals surface area contributed by atoms with Gasteiger partial charge in [-0.25, -0.2) is 18.6 Å². The molecule has 0 unspecified atom stereocenters. The smallest absolute Gasteiger partial charge is 0.412 e. The van der Waals surface area contributed by atoms with Crippen molar-refractivity contribution in [3.63, 3.8) is 0 Å². The van der Waals surface area contributed by atoms with Crippen LogP contribution in [0.15, 0.2) is 199 Å². The average molecular weight is 1730 g/mol. The van der Waals surface area contributed by atoms with Gasteiger partial charge in [0, 0.05) is 58.4 Å². The molecule has 14 heteroatoms. The van der Waals surface area contributed by atoms with E-state index in [2.05, 4.69) is 170 Å². The molecule has 0 amide bonds. The Kier molecular flexibility index (Phi) is 197. The van der Waals surface area contributed by atoms with Gasteiger partial charge in [0.2, 0.25) is 0 Å². The molecule has 0 heterocycles. The zero-order chi connectivity index (χ0) is 50.6. The topological polar surface area (TPSA) is 178 Å². The Labute approximate surface area is 655 Å². The van der Waals surface area contributed by atoms with E-state index in [0.29, 0.717) is 0 Å². The molecule has 9 aliphatic rings. The third kappa shape index (κ3) is 111. The van der Waals surface area contributed by atoms with Crippen molar-refractivity contribution >= 4 is 10.1 Å². The summed E-state index contributed by atoms with van der Waals surface area (Å²) in [5.74, 6) is 3.24. The van der Waals surface area contributed by atoms with E-state index in [1.807, 2.05) is 6.92 Å². The van der Waals surface area contributed by atoms with Crippen LogP contribution in [0.4, 0.5) is 0 Å². The van der Waals surface area contributed by atoms with Gasteiger partial charge < -0.3 is 109 Å². The molecule has 4 bridgehead atoms. The second-order valence-electron chi connectivity index (χ2n) is 17.8.